The van der Waals surface area contributed by atoms with E-state index in [1.54, 1.807) is 20.8 Å². The SMILES string of the molecule is CCOC(=O)c1[nH]c(C)c(S(=O)(=O)N2CCC(C)C2)c1C. The topological polar surface area (TPSA) is 79.5 Å². The lowest BCUT2D eigenvalue weighted by Gasteiger charge is -2.16. The number of sulfonamides is 1. The minimum absolute atomic E-state index is 0.208. The Balaban J connectivity index is 2.42. The fourth-order valence-electron chi connectivity index (χ4n) is 2.77. The van der Waals surface area contributed by atoms with Crippen LogP contribution >= 0.6 is 0 Å². The molecule has 0 saturated carbocycles. The summed E-state index contributed by atoms with van der Waals surface area (Å²) in [5, 5.41) is 0. The Hall–Kier alpha value is -1.34. The highest BCUT2D eigenvalue weighted by molar-refractivity contribution is 7.89. The molecule has 1 unspecified atom stereocenters. The van der Waals surface area contributed by atoms with Gasteiger partial charge in [0.2, 0.25) is 10.0 Å². The molecule has 7 heteroatoms. The van der Waals surface area contributed by atoms with E-state index in [9.17, 15) is 13.2 Å². The van der Waals surface area contributed by atoms with Crippen molar-refractivity contribution in [2.45, 2.75) is 39.0 Å². The average Bonchev–Trinajstić information content (AvgIpc) is 2.94. The largest absolute Gasteiger partial charge is 0.461 e. The van der Waals surface area contributed by atoms with Crippen molar-refractivity contribution < 1.29 is 17.9 Å². The molecule has 1 aliphatic heterocycles. The molecule has 1 aromatic heterocycles. The summed E-state index contributed by atoms with van der Waals surface area (Å²) in [7, 11) is -3.57. The van der Waals surface area contributed by atoms with Crippen molar-refractivity contribution >= 4 is 16.0 Å². The van der Waals surface area contributed by atoms with Crippen molar-refractivity contribution in [3.05, 3.63) is 17.0 Å². The number of carbonyl (C=O) groups excluding carboxylic acids is 1. The van der Waals surface area contributed by atoms with Gasteiger partial charge in [0.05, 0.1) is 6.61 Å². The summed E-state index contributed by atoms with van der Waals surface area (Å²) in [5.41, 5.74) is 1.14. The number of nitrogens with zero attached hydrogens (tertiary/aromatic N) is 1. The number of hydrogen-bond acceptors (Lipinski definition) is 4. The maximum absolute atomic E-state index is 12.8. The standard InChI is InChI=1S/C14H22N2O4S/c1-5-20-14(17)12-10(3)13(11(4)15-12)21(18,19)16-7-6-9(2)8-16/h9,15H,5-8H2,1-4H3. The maximum atomic E-state index is 12.8. The second-order valence-electron chi connectivity index (χ2n) is 5.56. The normalized spacial score (nSPS) is 19.9. The summed E-state index contributed by atoms with van der Waals surface area (Å²) in [5.74, 6) is -0.154. The molecule has 0 aromatic carbocycles. The zero-order valence-electron chi connectivity index (χ0n) is 12.9. The van der Waals surface area contributed by atoms with E-state index in [4.69, 9.17) is 4.74 Å². The van der Waals surface area contributed by atoms with Crippen LogP contribution in [0.3, 0.4) is 0 Å². The van der Waals surface area contributed by atoms with Crippen LogP contribution in [-0.2, 0) is 14.8 Å². The first-order chi connectivity index (χ1) is 9.78. The first kappa shape index (κ1) is 16.0. The number of H-pyrrole nitrogens is 1. The second-order valence-corrected chi connectivity index (χ2v) is 7.43. The number of aryl methyl sites for hydroxylation is 1. The molecule has 0 radical (unpaired) electrons. The summed E-state index contributed by atoms with van der Waals surface area (Å²) in [6.45, 7) is 8.37. The minimum atomic E-state index is -3.57. The number of nitrogens with one attached hydrogen (secondary N) is 1. The lowest BCUT2D eigenvalue weighted by molar-refractivity contribution is 0.0519. The summed E-state index contributed by atoms with van der Waals surface area (Å²) < 4.78 is 32.0. The molecule has 2 rings (SSSR count). The van der Waals surface area contributed by atoms with Crippen molar-refractivity contribution in [1.29, 1.82) is 0 Å². The zero-order chi connectivity index (χ0) is 15.8. The third-order valence-electron chi connectivity index (χ3n) is 3.83. The van der Waals surface area contributed by atoms with Crippen molar-refractivity contribution in [3.8, 4) is 0 Å². The van der Waals surface area contributed by atoms with Crippen LogP contribution < -0.4 is 0 Å². The molecule has 1 N–H and O–H groups in total. The second kappa shape index (κ2) is 5.81. The Morgan fingerprint density at radius 1 is 1.43 bits per heavy atom. The van der Waals surface area contributed by atoms with Crippen molar-refractivity contribution in [1.82, 2.24) is 9.29 Å². The molecule has 1 saturated heterocycles. The maximum Gasteiger partial charge on any atom is 0.355 e. The molecule has 0 amide bonds. The predicted octanol–water partition coefficient (Wildman–Crippen LogP) is 1.84. The highest BCUT2D eigenvalue weighted by Crippen LogP contribution is 2.30. The Labute approximate surface area is 125 Å². The van der Waals surface area contributed by atoms with Crippen LogP contribution in [0, 0.1) is 19.8 Å². The zero-order valence-corrected chi connectivity index (χ0v) is 13.7. The summed E-state index contributed by atoms with van der Waals surface area (Å²) in [6.07, 6.45) is 0.868. The van der Waals surface area contributed by atoms with Gasteiger partial charge >= 0.3 is 5.97 Å². The van der Waals surface area contributed by atoms with E-state index < -0.39 is 16.0 Å². The summed E-state index contributed by atoms with van der Waals surface area (Å²) >= 11 is 0. The van der Waals surface area contributed by atoms with Gasteiger partial charge in [0.15, 0.2) is 0 Å². The lowest BCUT2D eigenvalue weighted by Crippen LogP contribution is -2.29. The van der Waals surface area contributed by atoms with Gasteiger partial charge in [-0.25, -0.2) is 13.2 Å². The van der Waals surface area contributed by atoms with Gasteiger partial charge in [-0.1, -0.05) is 6.92 Å². The number of esters is 1. The molecule has 21 heavy (non-hydrogen) atoms. The number of ether oxygens (including phenoxy) is 1. The van der Waals surface area contributed by atoms with E-state index in [0.29, 0.717) is 30.3 Å². The molecule has 1 aromatic rings. The Morgan fingerprint density at radius 3 is 2.62 bits per heavy atom. The van der Waals surface area contributed by atoms with Crippen LogP contribution in [0.25, 0.3) is 0 Å². The van der Waals surface area contributed by atoms with E-state index in [0.717, 1.165) is 6.42 Å². The molecule has 2 heterocycles. The van der Waals surface area contributed by atoms with Gasteiger partial charge in [-0.2, -0.15) is 4.31 Å². The number of hydrogen-bond donors (Lipinski definition) is 1. The number of rotatable bonds is 4. The molecule has 0 bridgehead atoms. The molecule has 0 spiro atoms. The Morgan fingerprint density at radius 2 is 2.10 bits per heavy atom. The molecule has 0 aliphatic carbocycles. The molecule has 118 valence electrons. The number of aromatic nitrogens is 1. The minimum Gasteiger partial charge on any atom is -0.461 e. The molecular weight excluding hydrogens is 292 g/mol. The predicted molar refractivity (Wildman–Crippen MR) is 78.8 cm³/mol. The van der Waals surface area contributed by atoms with Crippen LogP contribution in [0.1, 0.15) is 42.0 Å². The first-order valence-corrected chi connectivity index (χ1v) is 8.59. The van der Waals surface area contributed by atoms with Crippen molar-refractivity contribution in [2.75, 3.05) is 19.7 Å². The smallest absolute Gasteiger partial charge is 0.355 e. The van der Waals surface area contributed by atoms with Crippen molar-refractivity contribution in [3.63, 3.8) is 0 Å². The molecule has 1 fully saturated rings. The van der Waals surface area contributed by atoms with Crippen LogP contribution in [-0.4, -0.2) is 43.4 Å². The van der Waals surface area contributed by atoms with Crippen LogP contribution in [0.5, 0.6) is 0 Å². The molecule has 6 nitrogen and oxygen atoms in total. The third kappa shape index (κ3) is 2.85. The van der Waals surface area contributed by atoms with Gasteiger partial charge in [0.25, 0.3) is 0 Å². The number of carbonyl (C=O) groups is 1. The fraction of sp³-hybridized carbons (Fsp3) is 0.643. The van der Waals surface area contributed by atoms with E-state index in [1.165, 1.54) is 4.31 Å². The molecule has 1 aliphatic rings. The summed E-state index contributed by atoms with van der Waals surface area (Å²) in [6, 6.07) is 0. The number of aromatic amines is 1. The average molecular weight is 314 g/mol. The monoisotopic (exact) mass is 314 g/mol. The van der Waals surface area contributed by atoms with Crippen LogP contribution in [0.2, 0.25) is 0 Å². The fourth-order valence-corrected chi connectivity index (χ4v) is 4.75. The van der Waals surface area contributed by atoms with Crippen molar-refractivity contribution in [2.24, 2.45) is 5.92 Å². The van der Waals surface area contributed by atoms with Gasteiger partial charge in [-0.15, -0.1) is 0 Å². The van der Waals surface area contributed by atoms with E-state index in [1.807, 2.05) is 6.92 Å². The van der Waals surface area contributed by atoms with Gasteiger partial charge in [-0.3, -0.25) is 0 Å². The Kier molecular flexibility index (Phi) is 4.43. The Bertz CT molecular complexity index is 648. The summed E-state index contributed by atoms with van der Waals surface area (Å²) in [4.78, 5) is 14.9. The van der Waals surface area contributed by atoms with E-state index >= 15 is 0 Å². The van der Waals surface area contributed by atoms with Gasteiger partial charge < -0.3 is 9.72 Å². The van der Waals surface area contributed by atoms with E-state index in [-0.39, 0.29) is 17.2 Å². The third-order valence-corrected chi connectivity index (χ3v) is 5.97. The van der Waals surface area contributed by atoms with Crippen LogP contribution in [0.4, 0.5) is 0 Å². The quantitative estimate of drug-likeness (QED) is 0.860. The van der Waals surface area contributed by atoms with Gasteiger partial charge in [0, 0.05) is 24.3 Å². The highest BCUT2D eigenvalue weighted by atomic mass is 32.2. The lowest BCUT2D eigenvalue weighted by atomic mass is 10.2. The molecule has 1 atom stereocenters. The molecular formula is C14H22N2O4S. The van der Waals surface area contributed by atoms with Crippen LogP contribution in [0.15, 0.2) is 4.90 Å². The van der Waals surface area contributed by atoms with E-state index in [2.05, 4.69) is 4.98 Å². The first-order valence-electron chi connectivity index (χ1n) is 7.15. The van der Waals surface area contributed by atoms with Gasteiger partial charge in [0.1, 0.15) is 10.6 Å². The highest BCUT2D eigenvalue weighted by Gasteiger charge is 2.35. The van der Waals surface area contributed by atoms with Gasteiger partial charge in [-0.05, 0) is 33.1 Å².